The summed E-state index contributed by atoms with van der Waals surface area (Å²) in [5.74, 6) is -0.671. The maximum Gasteiger partial charge on any atom is 0.137 e. The van der Waals surface area contributed by atoms with Crippen LogP contribution in [0.15, 0.2) is 24.4 Å². The van der Waals surface area contributed by atoms with E-state index >= 15 is 0 Å². The highest BCUT2D eigenvalue weighted by Gasteiger charge is 2.10. The van der Waals surface area contributed by atoms with Gasteiger partial charge in [-0.3, -0.25) is 4.79 Å². The first-order valence-electron chi connectivity index (χ1n) is 5.05. The summed E-state index contributed by atoms with van der Waals surface area (Å²) >= 11 is 0. The van der Waals surface area contributed by atoms with E-state index in [4.69, 9.17) is 0 Å². The van der Waals surface area contributed by atoms with Crippen molar-refractivity contribution in [2.24, 2.45) is 0 Å². The SMILES string of the molecule is CC(=O)Cc1ncc(-c2cc(F)ccc2F)[nH]1. The minimum Gasteiger partial charge on any atom is -0.342 e. The van der Waals surface area contributed by atoms with Gasteiger partial charge in [0.05, 0.1) is 18.3 Å². The number of nitrogens with one attached hydrogen (secondary N) is 1. The fraction of sp³-hybridized carbons (Fsp3) is 0.167. The lowest BCUT2D eigenvalue weighted by Crippen LogP contribution is -1.98. The number of Topliss-reactive ketones (excluding diaryl/α,β-unsaturated/α-hetero) is 1. The van der Waals surface area contributed by atoms with Crippen molar-refractivity contribution in [3.63, 3.8) is 0 Å². The molecule has 3 nitrogen and oxygen atoms in total. The Morgan fingerprint density at radius 3 is 2.88 bits per heavy atom. The van der Waals surface area contributed by atoms with Crippen molar-refractivity contribution >= 4 is 5.78 Å². The number of carbonyl (C=O) groups is 1. The van der Waals surface area contributed by atoms with E-state index in [9.17, 15) is 13.6 Å². The van der Waals surface area contributed by atoms with Crippen LogP contribution in [0.25, 0.3) is 11.3 Å². The van der Waals surface area contributed by atoms with Gasteiger partial charge in [-0.15, -0.1) is 0 Å². The normalized spacial score (nSPS) is 10.5. The lowest BCUT2D eigenvalue weighted by Gasteiger charge is -1.99. The lowest BCUT2D eigenvalue weighted by molar-refractivity contribution is -0.116. The van der Waals surface area contributed by atoms with E-state index in [0.717, 1.165) is 18.2 Å². The first kappa shape index (κ1) is 11.4. The molecular weight excluding hydrogens is 226 g/mol. The number of rotatable bonds is 3. The highest BCUT2D eigenvalue weighted by molar-refractivity contribution is 5.77. The Morgan fingerprint density at radius 1 is 1.41 bits per heavy atom. The number of nitrogens with zero attached hydrogens (tertiary/aromatic N) is 1. The minimum atomic E-state index is -0.538. The number of benzene rings is 1. The van der Waals surface area contributed by atoms with Gasteiger partial charge in [0.15, 0.2) is 0 Å². The molecule has 88 valence electrons. The topological polar surface area (TPSA) is 45.8 Å². The molecule has 1 aromatic heterocycles. The molecule has 0 saturated carbocycles. The van der Waals surface area contributed by atoms with Crippen LogP contribution < -0.4 is 0 Å². The summed E-state index contributed by atoms with van der Waals surface area (Å²) in [5.41, 5.74) is 0.463. The highest BCUT2D eigenvalue weighted by atomic mass is 19.1. The number of halogens is 2. The molecule has 5 heteroatoms. The van der Waals surface area contributed by atoms with E-state index in [2.05, 4.69) is 9.97 Å². The number of ketones is 1. The molecule has 0 saturated heterocycles. The Bertz CT molecular complexity index is 563. The first-order valence-corrected chi connectivity index (χ1v) is 5.05. The van der Waals surface area contributed by atoms with Crippen LogP contribution in [0.1, 0.15) is 12.7 Å². The van der Waals surface area contributed by atoms with Crippen LogP contribution in [0.3, 0.4) is 0 Å². The van der Waals surface area contributed by atoms with Gasteiger partial charge in [-0.25, -0.2) is 13.8 Å². The third-order valence-electron chi connectivity index (χ3n) is 2.26. The fourth-order valence-corrected chi connectivity index (χ4v) is 1.53. The van der Waals surface area contributed by atoms with E-state index < -0.39 is 11.6 Å². The molecule has 0 aliphatic rings. The molecule has 0 aliphatic carbocycles. The number of hydrogen-bond acceptors (Lipinski definition) is 2. The summed E-state index contributed by atoms with van der Waals surface area (Å²) in [6.07, 6.45) is 1.53. The largest absolute Gasteiger partial charge is 0.342 e. The summed E-state index contributed by atoms with van der Waals surface area (Å²) < 4.78 is 26.4. The molecule has 0 bridgehead atoms. The van der Waals surface area contributed by atoms with Crippen LogP contribution in [0.2, 0.25) is 0 Å². The zero-order chi connectivity index (χ0) is 12.4. The van der Waals surface area contributed by atoms with Crippen molar-refractivity contribution in [2.75, 3.05) is 0 Å². The molecule has 2 aromatic rings. The molecule has 1 aromatic carbocycles. The summed E-state index contributed by atoms with van der Waals surface area (Å²) in [7, 11) is 0. The average molecular weight is 236 g/mol. The maximum absolute atomic E-state index is 13.4. The number of carbonyl (C=O) groups excluding carboxylic acids is 1. The smallest absolute Gasteiger partial charge is 0.137 e. The van der Waals surface area contributed by atoms with E-state index in [1.807, 2.05) is 0 Å². The fourth-order valence-electron chi connectivity index (χ4n) is 1.53. The molecule has 0 atom stereocenters. The van der Waals surface area contributed by atoms with Crippen LogP contribution in [0, 0.1) is 11.6 Å². The number of aromatic amines is 1. The van der Waals surface area contributed by atoms with Gasteiger partial charge in [0.2, 0.25) is 0 Å². The second-order valence-electron chi connectivity index (χ2n) is 3.75. The van der Waals surface area contributed by atoms with Crippen LogP contribution in [-0.4, -0.2) is 15.8 Å². The van der Waals surface area contributed by atoms with Crippen molar-refractivity contribution in [2.45, 2.75) is 13.3 Å². The minimum absolute atomic E-state index is 0.0504. The van der Waals surface area contributed by atoms with Crippen molar-refractivity contribution in [3.8, 4) is 11.3 Å². The Morgan fingerprint density at radius 2 is 2.18 bits per heavy atom. The van der Waals surface area contributed by atoms with Crippen LogP contribution in [0.5, 0.6) is 0 Å². The zero-order valence-electron chi connectivity index (χ0n) is 9.13. The second kappa shape index (κ2) is 4.45. The highest BCUT2D eigenvalue weighted by Crippen LogP contribution is 2.21. The van der Waals surface area contributed by atoms with Crippen LogP contribution >= 0.6 is 0 Å². The van der Waals surface area contributed by atoms with E-state index in [1.54, 1.807) is 0 Å². The van der Waals surface area contributed by atoms with Gasteiger partial charge in [0.25, 0.3) is 0 Å². The lowest BCUT2D eigenvalue weighted by atomic mass is 10.1. The molecule has 0 fully saturated rings. The number of aromatic nitrogens is 2. The molecule has 0 amide bonds. The predicted molar refractivity (Wildman–Crippen MR) is 58.3 cm³/mol. The summed E-state index contributed by atoms with van der Waals surface area (Å²) in [6.45, 7) is 1.44. The van der Waals surface area contributed by atoms with Crippen molar-refractivity contribution < 1.29 is 13.6 Å². The van der Waals surface area contributed by atoms with Gasteiger partial charge in [-0.1, -0.05) is 0 Å². The molecule has 0 aliphatic heterocycles. The van der Waals surface area contributed by atoms with Gasteiger partial charge >= 0.3 is 0 Å². The Hall–Kier alpha value is -2.04. The second-order valence-corrected chi connectivity index (χ2v) is 3.75. The number of H-pyrrole nitrogens is 1. The van der Waals surface area contributed by atoms with Crippen molar-refractivity contribution in [1.82, 2.24) is 9.97 Å². The van der Waals surface area contributed by atoms with Crippen molar-refractivity contribution in [3.05, 3.63) is 41.9 Å². The quantitative estimate of drug-likeness (QED) is 0.889. The summed E-state index contributed by atoms with van der Waals surface area (Å²) in [6, 6.07) is 3.18. The third kappa shape index (κ3) is 2.55. The Labute approximate surface area is 96.5 Å². The summed E-state index contributed by atoms with van der Waals surface area (Å²) in [4.78, 5) is 17.6. The average Bonchev–Trinajstić information content (AvgIpc) is 2.69. The number of imidazole rings is 1. The molecule has 1 heterocycles. The van der Waals surface area contributed by atoms with Gasteiger partial charge < -0.3 is 4.98 Å². The van der Waals surface area contributed by atoms with Gasteiger partial charge in [0.1, 0.15) is 23.2 Å². The molecule has 17 heavy (non-hydrogen) atoms. The zero-order valence-corrected chi connectivity index (χ0v) is 9.13. The first-order chi connectivity index (χ1) is 8.06. The van der Waals surface area contributed by atoms with Gasteiger partial charge in [-0.2, -0.15) is 0 Å². The molecule has 0 radical (unpaired) electrons. The van der Waals surface area contributed by atoms with E-state index in [-0.39, 0.29) is 17.8 Å². The predicted octanol–water partition coefficient (Wildman–Crippen LogP) is 2.49. The monoisotopic (exact) mass is 236 g/mol. The summed E-state index contributed by atoms with van der Waals surface area (Å²) in [5, 5.41) is 0. The van der Waals surface area contributed by atoms with Crippen LogP contribution in [-0.2, 0) is 11.2 Å². The third-order valence-corrected chi connectivity index (χ3v) is 2.26. The van der Waals surface area contributed by atoms with Gasteiger partial charge in [0, 0.05) is 5.56 Å². The Kier molecular flexibility index (Phi) is 2.99. The number of hydrogen-bond donors (Lipinski definition) is 1. The van der Waals surface area contributed by atoms with E-state index in [1.165, 1.54) is 13.1 Å². The van der Waals surface area contributed by atoms with Crippen molar-refractivity contribution in [1.29, 1.82) is 0 Å². The molecule has 0 unspecified atom stereocenters. The molecular formula is C12H10F2N2O. The molecule has 2 rings (SSSR count). The Balaban J connectivity index is 2.36. The molecule has 1 N–H and O–H groups in total. The van der Waals surface area contributed by atoms with Gasteiger partial charge in [-0.05, 0) is 25.1 Å². The van der Waals surface area contributed by atoms with E-state index in [0.29, 0.717) is 11.5 Å². The standard InChI is InChI=1S/C12H10F2N2O/c1-7(17)4-12-15-6-11(16-12)9-5-8(13)2-3-10(9)14/h2-3,5-6H,4H2,1H3,(H,15,16). The van der Waals surface area contributed by atoms with Crippen LogP contribution in [0.4, 0.5) is 8.78 Å². The molecule has 0 spiro atoms. The maximum atomic E-state index is 13.4.